The highest BCUT2D eigenvalue weighted by molar-refractivity contribution is 6.31. The molecule has 6 nitrogen and oxygen atoms in total. The van der Waals surface area contributed by atoms with Gasteiger partial charge < -0.3 is 20.1 Å². The van der Waals surface area contributed by atoms with Crippen LogP contribution in [-0.4, -0.2) is 26.0 Å². The van der Waals surface area contributed by atoms with Crippen molar-refractivity contribution in [2.45, 2.75) is 5.92 Å². The summed E-state index contributed by atoms with van der Waals surface area (Å²) < 4.78 is 10.6. The monoisotopic (exact) mass is 458 g/mol. The Morgan fingerprint density at radius 1 is 0.742 bits per heavy atom. The molecule has 2 N–H and O–H groups in total. The maximum absolute atomic E-state index is 13.2. The first kappa shape index (κ1) is 22.5. The average Bonchev–Trinajstić information content (AvgIpc) is 2.77. The summed E-state index contributed by atoms with van der Waals surface area (Å²) in [5.41, 5.74) is 1.32. The molecule has 0 aliphatic rings. The fraction of sp³-hybridized carbons (Fsp3) is 0.130. The van der Waals surface area contributed by atoms with Crippen LogP contribution in [0.5, 0.6) is 11.5 Å². The van der Waals surface area contributed by atoms with Crippen molar-refractivity contribution >= 4 is 46.4 Å². The number of carbonyl (C=O) groups excluding carboxylic acids is 2. The molecule has 0 atom stereocenters. The van der Waals surface area contributed by atoms with Crippen molar-refractivity contribution in [1.82, 2.24) is 0 Å². The standard InChI is InChI=1S/C23H20Cl2N2O4/c1-30-19-12-15(24)8-10-17(19)26-22(28)21(14-6-4-3-5-7-14)23(29)27-18-11-9-16(25)13-20(18)31-2/h3-13,21H,1-2H3,(H,26,28)(H,27,29). The summed E-state index contributed by atoms with van der Waals surface area (Å²) >= 11 is 12.0. The highest BCUT2D eigenvalue weighted by atomic mass is 35.5. The van der Waals surface area contributed by atoms with Gasteiger partial charge in [0, 0.05) is 22.2 Å². The smallest absolute Gasteiger partial charge is 0.241 e. The zero-order valence-corrected chi connectivity index (χ0v) is 18.3. The molecule has 0 aliphatic heterocycles. The Bertz CT molecular complexity index is 1020. The molecule has 8 heteroatoms. The molecule has 0 saturated carbocycles. The number of ether oxygens (including phenoxy) is 2. The molecule has 0 saturated heterocycles. The first-order valence-corrected chi connectivity index (χ1v) is 10.0. The summed E-state index contributed by atoms with van der Waals surface area (Å²) in [5, 5.41) is 6.43. The van der Waals surface area contributed by atoms with E-state index in [1.165, 1.54) is 14.2 Å². The number of methoxy groups -OCH3 is 2. The Hall–Kier alpha value is -3.22. The van der Waals surface area contributed by atoms with Crippen LogP contribution >= 0.6 is 23.2 Å². The average molecular weight is 459 g/mol. The molecule has 0 aliphatic carbocycles. The molecule has 0 aromatic heterocycles. The van der Waals surface area contributed by atoms with Gasteiger partial charge in [-0.3, -0.25) is 9.59 Å². The lowest BCUT2D eigenvalue weighted by Gasteiger charge is -2.19. The fourth-order valence-electron chi connectivity index (χ4n) is 3.01. The Morgan fingerprint density at radius 3 is 1.61 bits per heavy atom. The maximum atomic E-state index is 13.2. The van der Waals surface area contributed by atoms with Crippen LogP contribution in [0.1, 0.15) is 11.5 Å². The minimum absolute atomic E-state index is 0.382. The number of rotatable bonds is 7. The molecular weight excluding hydrogens is 439 g/mol. The summed E-state index contributed by atoms with van der Waals surface area (Å²) in [7, 11) is 2.94. The minimum Gasteiger partial charge on any atom is -0.495 e. The Balaban J connectivity index is 1.92. The maximum Gasteiger partial charge on any atom is 0.241 e. The predicted molar refractivity (Wildman–Crippen MR) is 122 cm³/mol. The van der Waals surface area contributed by atoms with E-state index in [9.17, 15) is 9.59 Å². The van der Waals surface area contributed by atoms with Gasteiger partial charge in [0.05, 0.1) is 25.6 Å². The van der Waals surface area contributed by atoms with Crippen LogP contribution in [0.25, 0.3) is 0 Å². The fourth-order valence-corrected chi connectivity index (χ4v) is 3.34. The van der Waals surface area contributed by atoms with Gasteiger partial charge in [0.1, 0.15) is 17.4 Å². The van der Waals surface area contributed by atoms with E-state index in [1.54, 1.807) is 66.7 Å². The van der Waals surface area contributed by atoms with E-state index < -0.39 is 17.7 Å². The molecule has 0 spiro atoms. The summed E-state index contributed by atoms with van der Waals surface area (Å²) in [4.78, 5) is 26.4. The third kappa shape index (κ3) is 5.48. The summed E-state index contributed by atoms with van der Waals surface area (Å²) in [6, 6.07) is 18.4. The third-order valence-corrected chi connectivity index (χ3v) is 4.97. The molecule has 0 bridgehead atoms. The van der Waals surface area contributed by atoms with Crippen molar-refractivity contribution in [3.8, 4) is 11.5 Å². The van der Waals surface area contributed by atoms with Gasteiger partial charge >= 0.3 is 0 Å². The van der Waals surface area contributed by atoms with Crippen LogP contribution in [0.3, 0.4) is 0 Å². The quantitative estimate of drug-likeness (QED) is 0.466. The van der Waals surface area contributed by atoms with E-state index in [1.807, 2.05) is 0 Å². The second-order valence-corrected chi connectivity index (χ2v) is 7.38. The van der Waals surface area contributed by atoms with Gasteiger partial charge in [-0.1, -0.05) is 53.5 Å². The van der Waals surface area contributed by atoms with Gasteiger partial charge in [-0.25, -0.2) is 0 Å². The first-order valence-electron chi connectivity index (χ1n) is 9.26. The van der Waals surface area contributed by atoms with Crippen LogP contribution in [-0.2, 0) is 9.59 Å². The molecule has 3 aromatic rings. The normalized spacial score (nSPS) is 10.5. The van der Waals surface area contributed by atoms with E-state index in [0.717, 1.165) is 0 Å². The number of hydrogen-bond acceptors (Lipinski definition) is 4. The number of amides is 2. The Kier molecular flexibility index (Phi) is 7.39. The number of hydrogen-bond donors (Lipinski definition) is 2. The van der Waals surface area contributed by atoms with Crippen LogP contribution in [0.15, 0.2) is 66.7 Å². The number of nitrogens with one attached hydrogen (secondary N) is 2. The summed E-state index contributed by atoms with van der Waals surface area (Å²) in [5.74, 6) is -1.43. The van der Waals surface area contributed by atoms with Crippen molar-refractivity contribution < 1.29 is 19.1 Å². The second kappa shape index (κ2) is 10.2. The largest absolute Gasteiger partial charge is 0.495 e. The molecule has 31 heavy (non-hydrogen) atoms. The van der Waals surface area contributed by atoms with E-state index in [-0.39, 0.29) is 0 Å². The lowest BCUT2D eigenvalue weighted by molar-refractivity contribution is -0.126. The highest BCUT2D eigenvalue weighted by Gasteiger charge is 2.30. The lowest BCUT2D eigenvalue weighted by Crippen LogP contribution is -2.32. The zero-order chi connectivity index (χ0) is 22.4. The molecule has 0 unspecified atom stereocenters. The van der Waals surface area contributed by atoms with Gasteiger partial charge in [-0.15, -0.1) is 0 Å². The third-order valence-electron chi connectivity index (χ3n) is 4.50. The van der Waals surface area contributed by atoms with Crippen molar-refractivity contribution in [2.75, 3.05) is 24.9 Å². The molecular formula is C23H20Cl2N2O4. The molecule has 3 aromatic carbocycles. The number of carbonyl (C=O) groups is 2. The van der Waals surface area contributed by atoms with Crippen molar-refractivity contribution in [1.29, 1.82) is 0 Å². The van der Waals surface area contributed by atoms with Crippen molar-refractivity contribution in [2.24, 2.45) is 0 Å². The summed E-state index contributed by atoms with van der Waals surface area (Å²) in [6.07, 6.45) is 0. The molecule has 3 rings (SSSR count). The molecule has 2 amide bonds. The van der Waals surface area contributed by atoms with Gasteiger partial charge in [0.15, 0.2) is 0 Å². The van der Waals surface area contributed by atoms with Crippen LogP contribution in [0.4, 0.5) is 11.4 Å². The topological polar surface area (TPSA) is 76.7 Å². The first-order chi connectivity index (χ1) is 14.9. The lowest BCUT2D eigenvalue weighted by atomic mass is 9.96. The predicted octanol–water partition coefficient (Wildman–Crippen LogP) is 5.37. The number of benzene rings is 3. The van der Waals surface area contributed by atoms with Crippen LogP contribution < -0.4 is 20.1 Å². The minimum atomic E-state index is -1.14. The van der Waals surface area contributed by atoms with Crippen LogP contribution in [0, 0.1) is 0 Å². The molecule has 0 radical (unpaired) electrons. The summed E-state index contributed by atoms with van der Waals surface area (Å²) in [6.45, 7) is 0. The molecule has 0 heterocycles. The van der Waals surface area contributed by atoms with E-state index in [2.05, 4.69) is 10.6 Å². The van der Waals surface area contributed by atoms with E-state index in [0.29, 0.717) is 38.5 Å². The van der Waals surface area contributed by atoms with Gasteiger partial charge in [-0.2, -0.15) is 0 Å². The SMILES string of the molecule is COc1cc(Cl)ccc1NC(=O)C(C(=O)Nc1ccc(Cl)cc1OC)c1ccccc1. The number of anilines is 2. The van der Waals surface area contributed by atoms with Gasteiger partial charge in [0.2, 0.25) is 11.8 Å². The molecule has 160 valence electrons. The van der Waals surface area contributed by atoms with Gasteiger partial charge in [-0.05, 0) is 29.8 Å². The van der Waals surface area contributed by atoms with Crippen LogP contribution in [0.2, 0.25) is 10.0 Å². The number of halogens is 2. The zero-order valence-electron chi connectivity index (χ0n) is 16.8. The Labute approximate surface area is 190 Å². The van der Waals surface area contributed by atoms with E-state index >= 15 is 0 Å². The highest BCUT2D eigenvalue weighted by Crippen LogP contribution is 2.31. The van der Waals surface area contributed by atoms with Crippen molar-refractivity contribution in [3.05, 3.63) is 82.3 Å². The molecule has 0 fully saturated rings. The van der Waals surface area contributed by atoms with E-state index in [4.69, 9.17) is 32.7 Å². The van der Waals surface area contributed by atoms with Gasteiger partial charge in [0.25, 0.3) is 0 Å². The second-order valence-electron chi connectivity index (χ2n) is 6.51. The Morgan fingerprint density at radius 2 is 1.19 bits per heavy atom. The van der Waals surface area contributed by atoms with Crippen molar-refractivity contribution in [3.63, 3.8) is 0 Å².